The number of halogens is 1. The highest BCUT2D eigenvalue weighted by molar-refractivity contribution is 5.96. The van der Waals surface area contributed by atoms with Crippen molar-refractivity contribution in [2.75, 3.05) is 26.4 Å². The number of hydrogen-bond acceptors (Lipinski definition) is 3. The largest absolute Gasteiger partial charge is 0.399 e. The van der Waals surface area contributed by atoms with Gasteiger partial charge in [-0.1, -0.05) is 6.07 Å². The molecular formula is C13H20ClN3O2. The zero-order valence-corrected chi connectivity index (χ0v) is 12.2. The second kappa shape index (κ2) is 7.63. The van der Waals surface area contributed by atoms with Gasteiger partial charge in [-0.05, 0) is 24.6 Å². The summed E-state index contributed by atoms with van der Waals surface area (Å²) in [4.78, 5) is 24.8. The monoisotopic (exact) mass is 285 g/mol. The van der Waals surface area contributed by atoms with Crippen LogP contribution < -0.4 is 11.1 Å². The third kappa shape index (κ3) is 4.79. The van der Waals surface area contributed by atoms with E-state index >= 15 is 0 Å². The van der Waals surface area contributed by atoms with Crippen LogP contribution in [0.5, 0.6) is 0 Å². The van der Waals surface area contributed by atoms with Crippen LogP contribution in [0, 0.1) is 6.92 Å². The van der Waals surface area contributed by atoms with Gasteiger partial charge in [0.1, 0.15) is 0 Å². The SMILES string of the molecule is CNC(=O)CCN(C)C(=O)c1cc(N)ccc1C.Cl. The Kier molecular flexibility index (Phi) is 6.93. The fourth-order valence-corrected chi connectivity index (χ4v) is 1.57. The van der Waals surface area contributed by atoms with Gasteiger partial charge in [0.25, 0.3) is 5.91 Å². The zero-order valence-electron chi connectivity index (χ0n) is 11.4. The first-order valence-corrected chi connectivity index (χ1v) is 5.78. The van der Waals surface area contributed by atoms with E-state index < -0.39 is 0 Å². The number of amides is 2. The lowest BCUT2D eigenvalue weighted by molar-refractivity contribution is -0.120. The fourth-order valence-electron chi connectivity index (χ4n) is 1.57. The number of anilines is 1. The third-order valence-electron chi connectivity index (χ3n) is 2.79. The maximum atomic E-state index is 12.2. The predicted molar refractivity (Wildman–Crippen MR) is 78.5 cm³/mol. The molecule has 106 valence electrons. The Morgan fingerprint density at radius 1 is 1.37 bits per heavy atom. The molecule has 0 aliphatic carbocycles. The van der Waals surface area contributed by atoms with Crippen molar-refractivity contribution in [3.63, 3.8) is 0 Å². The van der Waals surface area contributed by atoms with Crippen molar-refractivity contribution in [1.29, 1.82) is 0 Å². The van der Waals surface area contributed by atoms with Gasteiger partial charge in [0.05, 0.1) is 0 Å². The number of hydrogen-bond donors (Lipinski definition) is 2. The number of carbonyl (C=O) groups is 2. The Morgan fingerprint density at radius 2 is 2.00 bits per heavy atom. The summed E-state index contributed by atoms with van der Waals surface area (Å²) in [6, 6.07) is 5.24. The molecule has 0 saturated heterocycles. The molecule has 6 heteroatoms. The zero-order chi connectivity index (χ0) is 13.7. The molecule has 0 aliphatic heterocycles. The van der Waals surface area contributed by atoms with Crippen LogP contribution in [0.4, 0.5) is 5.69 Å². The number of nitrogens with one attached hydrogen (secondary N) is 1. The molecular weight excluding hydrogens is 266 g/mol. The first kappa shape index (κ1) is 17.2. The minimum Gasteiger partial charge on any atom is -0.399 e. The maximum Gasteiger partial charge on any atom is 0.253 e. The molecule has 1 aromatic rings. The van der Waals surface area contributed by atoms with Gasteiger partial charge in [0.15, 0.2) is 0 Å². The van der Waals surface area contributed by atoms with Gasteiger partial charge in [-0.3, -0.25) is 9.59 Å². The first-order valence-electron chi connectivity index (χ1n) is 5.78. The van der Waals surface area contributed by atoms with Crippen LogP contribution in [0.15, 0.2) is 18.2 Å². The van der Waals surface area contributed by atoms with Gasteiger partial charge in [-0.25, -0.2) is 0 Å². The van der Waals surface area contributed by atoms with Crippen molar-refractivity contribution >= 4 is 29.9 Å². The lowest BCUT2D eigenvalue weighted by atomic mass is 10.1. The Bertz CT molecular complexity index is 463. The Morgan fingerprint density at radius 3 is 2.58 bits per heavy atom. The number of nitrogen functional groups attached to an aromatic ring is 1. The molecule has 0 unspecified atom stereocenters. The molecule has 0 bridgehead atoms. The quantitative estimate of drug-likeness (QED) is 0.817. The molecule has 1 rings (SSSR count). The predicted octanol–water partition coefficient (Wildman–Crippen LogP) is 1.21. The van der Waals surface area contributed by atoms with Gasteiger partial charge in [0, 0.05) is 38.3 Å². The van der Waals surface area contributed by atoms with E-state index in [-0.39, 0.29) is 24.2 Å². The van der Waals surface area contributed by atoms with Crippen LogP contribution in [0.25, 0.3) is 0 Å². The van der Waals surface area contributed by atoms with Crippen molar-refractivity contribution in [3.8, 4) is 0 Å². The van der Waals surface area contributed by atoms with E-state index in [1.54, 1.807) is 26.2 Å². The molecule has 0 radical (unpaired) electrons. The summed E-state index contributed by atoms with van der Waals surface area (Å²) < 4.78 is 0. The van der Waals surface area contributed by atoms with E-state index in [0.29, 0.717) is 24.2 Å². The summed E-state index contributed by atoms with van der Waals surface area (Å²) in [6.45, 7) is 2.24. The van der Waals surface area contributed by atoms with E-state index in [1.807, 2.05) is 13.0 Å². The molecule has 19 heavy (non-hydrogen) atoms. The Balaban J connectivity index is 0.00000324. The van der Waals surface area contributed by atoms with E-state index in [2.05, 4.69) is 5.32 Å². The number of carbonyl (C=O) groups excluding carboxylic acids is 2. The van der Waals surface area contributed by atoms with E-state index in [0.717, 1.165) is 5.56 Å². The van der Waals surface area contributed by atoms with Crippen LogP contribution in [0.2, 0.25) is 0 Å². The number of rotatable bonds is 4. The highest BCUT2D eigenvalue weighted by Gasteiger charge is 2.15. The second-order valence-corrected chi connectivity index (χ2v) is 4.22. The van der Waals surface area contributed by atoms with Crippen molar-refractivity contribution in [1.82, 2.24) is 10.2 Å². The van der Waals surface area contributed by atoms with E-state index in [9.17, 15) is 9.59 Å². The van der Waals surface area contributed by atoms with Gasteiger partial charge in [0.2, 0.25) is 5.91 Å². The molecule has 0 spiro atoms. The normalized spacial score (nSPS) is 9.42. The smallest absolute Gasteiger partial charge is 0.253 e. The second-order valence-electron chi connectivity index (χ2n) is 4.22. The van der Waals surface area contributed by atoms with Crippen LogP contribution >= 0.6 is 12.4 Å². The highest BCUT2D eigenvalue weighted by atomic mass is 35.5. The van der Waals surface area contributed by atoms with Crippen molar-refractivity contribution in [2.45, 2.75) is 13.3 Å². The van der Waals surface area contributed by atoms with Gasteiger partial charge in [-0.2, -0.15) is 0 Å². The fraction of sp³-hybridized carbons (Fsp3) is 0.385. The summed E-state index contributed by atoms with van der Waals surface area (Å²) in [6.07, 6.45) is 0.292. The summed E-state index contributed by atoms with van der Waals surface area (Å²) in [7, 11) is 3.25. The molecule has 2 amide bonds. The van der Waals surface area contributed by atoms with Gasteiger partial charge in [-0.15, -0.1) is 12.4 Å². The van der Waals surface area contributed by atoms with E-state index in [1.165, 1.54) is 4.90 Å². The average molecular weight is 286 g/mol. The molecule has 0 saturated carbocycles. The molecule has 5 nitrogen and oxygen atoms in total. The molecule has 0 fully saturated rings. The Labute approximate surface area is 119 Å². The Hall–Kier alpha value is -1.75. The summed E-state index contributed by atoms with van der Waals surface area (Å²) in [5.41, 5.74) is 7.69. The minimum atomic E-state index is -0.122. The summed E-state index contributed by atoms with van der Waals surface area (Å²) >= 11 is 0. The van der Waals surface area contributed by atoms with E-state index in [4.69, 9.17) is 5.73 Å². The lowest BCUT2D eigenvalue weighted by Gasteiger charge is -2.18. The number of aryl methyl sites for hydroxylation is 1. The molecule has 0 aliphatic rings. The number of nitrogens with two attached hydrogens (primary N) is 1. The molecule has 3 N–H and O–H groups in total. The minimum absolute atomic E-state index is 0. The van der Waals surface area contributed by atoms with Crippen molar-refractivity contribution in [2.24, 2.45) is 0 Å². The van der Waals surface area contributed by atoms with Crippen molar-refractivity contribution in [3.05, 3.63) is 29.3 Å². The number of nitrogens with zero attached hydrogens (tertiary/aromatic N) is 1. The average Bonchev–Trinajstić information content (AvgIpc) is 2.37. The maximum absolute atomic E-state index is 12.2. The molecule has 1 aromatic carbocycles. The van der Waals surface area contributed by atoms with Gasteiger partial charge < -0.3 is 16.0 Å². The lowest BCUT2D eigenvalue weighted by Crippen LogP contribution is -2.31. The van der Waals surface area contributed by atoms with Crippen LogP contribution in [0.3, 0.4) is 0 Å². The van der Waals surface area contributed by atoms with Crippen LogP contribution in [-0.2, 0) is 4.79 Å². The molecule has 0 aromatic heterocycles. The van der Waals surface area contributed by atoms with Gasteiger partial charge >= 0.3 is 0 Å². The standard InChI is InChI=1S/C13H19N3O2.ClH/c1-9-4-5-10(14)8-11(9)13(18)16(3)7-6-12(17)15-2;/h4-5,8H,6-7,14H2,1-3H3,(H,15,17);1H. The highest BCUT2D eigenvalue weighted by Crippen LogP contribution is 2.14. The topological polar surface area (TPSA) is 75.4 Å². The summed E-state index contributed by atoms with van der Waals surface area (Å²) in [5, 5.41) is 2.52. The molecule has 0 atom stereocenters. The van der Waals surface area contributed by atoms with Crippen molar-refractivity contribution < 1.29 is 9.59 Å². The third-order valence-corrected chi connectivity index (χ3v) is 2.79. The number of benzene rings is 1. The first-order chi connectivity index (χ1) is 8.45. The molecule has 0 heterocycles. The van der Waals surface area contributed by atoms with Crippen LogP contribution in [0.1, 0.15) is 22.3 Å². The van der Waals surface area contributed by atoms with Crippen LogP contribution in [-0.4, -0.2) is 37.4 Å². The summed E-state index contributed by atoms with van der Waals surface area (Å²) in [5.74, 6) is -0.206.